The van der Waals surface area contributed by atoms with Crippen LogP contribution in [-0.4, -0.2) is 36.4 Å². The molecule has 0 spiro atoms. The Hall–Kier alpha value is -2.63. The van der Waals surface area contributed by atoms with Crippen LogP contribution in [0.5, 0.6) is 5.75 Å². The van der Waals surface area contributed by atoms with Crippen LogP contribution in [0.3, 0.4) is 0 Å². The maximum absolute atomic E-state index is 15.4. The van der Waals surface area contributed by atoms with Crippen molar-refractivity contribution < 1.29 is 14.2 Å². The fourth-order valence-corrected chi connectivity index (χ4v) is 3.85. The number of pyridine rings is 1. The normalized spacial score (nSPS) is 15.9. The molecule has 2 heterocycles. The van der Waals surface area contributed by atoms with Crippen molar-refractivity contribution in [2.75, 3.05) is 25.2 Å². The quantitative estimate of drug-likeness (QED) is 0.636. The van der Waals surface area contributed by atoms with Gasteiger partial charge in [0, 0.05) is 24.2 Å². The van der Waals surface area contributed by atoms with Crippen molar-refractivity contribution in [1.29, 1.82) is 0 Å². The van der Waals surface area contributed by atoms with Crippen molar-refractivity contribution in [2.24, 2.45) is 0 Å². The van der Waals surface area contributed by atoms with Crippen LogP contribution in [0.1, 0.15) is 17.5 Å². The highest BCUT2D eigenvalue weighted by Crippen LogP contribution is 2.36. The van der Waals surface area contributed by atoms with E-state index >= 15 is 4.39 Å². The van der Waals surface area contributed by atoms with Crippen LogP contribution in [0, 0.1) is 5.82 Å². The Kier molecular flexibility index (Phi) is 5.69. The molecule has 0 saturated carbocycles. The zero-order chi connectivity index (χ0) is 20.4. The molecule has 1 saturated heterocycles. The molecule has 1 fully saturated rings. The maximum atomic E-state index is 15.4. The predicted molar refractivity (Wildman–Crippen MR) is 113 cm³/mol. The average Bonchev–Trinajstić information content (AvgIpc) is 2.70. The third kappa shape index (κ3) is 3.93. The number of rotatable bonds is 6. The van der Waals surface area contributed by atoms with E-state index in [0.717, 1.165) is 24.3 Å². The van der Waals surface area contributed by atoms with E-state index in [1.165, 1.54) is 7.11 Å². The third-order valence-corrected chi connectivity index (χ3v) is 5.60. The van der Waals surface area contributed by atoms with Gasteiger partial charge >= 0.3 is 0 Å². The molecule has 0 amide bonds. The standard InChI is InChI=1S/C23H22ClFN2O2/c1-29-20-7-6-17(23(25)22(20)16-3-2-4-18(24)12-16)11-15-5-8-21(26-13-15)27-10-9-19(27)14-28/h2-8,12-13,19,28H,9-11,14H2,1H3/t19-/m0/s1. The fraction of sp³-hybridized carbons (Fsp3) is 0.261. The smallest absolute Gasteiger partial charge is 0.138 e. The van der Waals surface area contributed by atoms with Gasteiger partial charge in [0.2, 0.25) is 0 Å². The molecule has 4 rings (SSSR count). The fourth-order valence-electron chi connectivity index (χ4n) is 3.66. The van der Waals surface area contributed by atoms with E-state index in [0.29, 0.717) is 33.9 Å². The molecule has 1 N–H and O–H groups in total. The topological polar surface area (TPSA) is 45.6 Å². The first kappa shape index (κ1) is 19.7. The molecule has 29 heavy (non-hydrogen) atoms. The summed E-state index contributed by atoms with van der Waals surface area (Å²) in [5, 5.41) is 9.89. The van der Waals surface area contributed by atoms with Gasteiger partial charge in [0.15, 0.2) is 0 Å². The lowest BCUT2D eigenvalue weighted by atomic mass is 9.97. The molecule has 150 valence electrons. The van der Waals surface area contributed by atoms with Gasteiger partial charge in [0.05, 0.1) is 25.3 Å². The summed E-state index contributed by atoms with van der Waals surface area (Å²) >= 11 is 6.10. The van der Waals surface area contributed by atoms with E-state index < -0.39 is 0 Å². The Labute approximate surface area is 174 Å². The number of halogens is 2. The Bertz CT molecular complexity index is 1010. The zero-order valence-electron chi connectivity index (χ0n) is 16.1. The van der Waals surface area contributed by atoms with Gasteiger partial charge in [0.1, 0.15) is 17.4 Å². The Morgan fingerprint density at radius 3 is 2.72 bits per heavy atom. The number of methoxy groups -OCH3 is 1. The van der Waals surface area contributed by atoms with Crippen LogP contribution < -0.4 is 9.64 Å². The highest BCUT2D eigenvalue weighted by molar-refractivity contribution is 6.30. The SMILES string of the molecule is COc1ccc(Cc2ccc(N3CC[C@H]3CO)nc2)c(F)c1-c1cccc(Cl)c1. The van der Waals surface area contributed by atoms with E-state index in [-0.39, 0.29) is 18.5 Å². The van der Waals surface area contributed by atoms with Crippen molar-refractivity contribution in [3.05, 3.63) is 76.7 Å². The number of hydrogen-bond donors (Lipinski definition) is 1. The van der Waals surface area contributed by atoms with Crippen LogP contribution in [0.15, 0.2) is 54.7 Å². The van der Waals surface area contributed by atoms with Gasteiger partial charge in [-0.05, 0) is 47.4 Å². The van der Waals surface area contributed by atoms with E-state index in [1.807, 2.05) is 18.2 Å². The highest BCUT2D eigenvalue weighted by atomic mass is 35.5. The summed E-state index contributed by atoms with van der Waals surface area (Å²) in [4.78, 5) is 6.58. The lowest BCUT2D eigenvalue weighted by molar-refractivity contribution is 0.225. The van der Waals surface area contributed by atoms with Gasteiger partial charge in [-0.3, -0.25) is 0 Å². The molecule has 2 aromatic carbocycles. The first-order chi connectivity index (χ1) is 14.1. The molecule has 3 aromatic rings. The number of aliphatic hydroxyl groups is 1. The molecule has 6 heteroatoms. The van der Waals surface area contributed by atoms with Gasteiger partial charge < -0.3 is 14.7 Å². The van der Waals surface area contributed by atoms with Crippen LogP contribution in [0.25, 0.3) is 11.1 Å². The number of ether oxygens (including phenoxy) is 1. The minimum Gasteiger partial charge on any atom is -0.496 e. The molecule has 0 bridgehead atoms. The summed E-state index contributed by atoms with van der Waals surface area (Å²) in [6, 6.07) is 14.6. The number of benzene rings is 2. The molecule has 1 aliphatic rings. The third-order valence-electron chi connectivity index (χ3n) is 5.37. The van der Waals surface area contributed by atoms with Crippen molar-refractivity contribution in [1.82, 2.24) is 4.98 Å². The Morgan fingerprint density at radius 2 is 2.10 bits per heavy atom. The number of anilines is 1. The van der Waals surface area contributed by atoms with E-state index in [1.54, 1.807) is 36.5 Å². The van der Waals surface area contributed by atoms with Crippen LogP contribution in [0.2, 0.25) is 5.02 Å². The maximum Gasteiger partial charge on any atom is 0.138 e. The van der Waals surface area contributed by atoms with Crippen molar-refractivity contribution in [3.63, 3.8) is 0 Å². The molecular formula is C23H22ClFN2O2. The van der Waals surface area contributed by atoms with Crippen molar-refractivity contribution in [3.8, 4) is 16.9 Å². The summed E-state index contributed by atoms with van der Waals surface area (Å²) in [5.41, 5.74) is 2.56. The van der Waals surface area contributed by atoms with Gasteiger partial charge in [0.25, 0.3) is 0 Å². The number of aromatic nitrogens is 1. The molecule has 1 aliphatic heterocycles. The molecule has 0 unspecified atom stereocenters. The number of aliphatic hydroxyl groups excluding tert-OH is 1. The summed E-state index contributed by atoms with van der Waals surface area (Å²) in [5.74, 6) is 0.988. The summed E-state index contributed by atoms with van der Waals surface area (Å²) < 4.78 is 20.8. The number of hydrogen-bond acceptors (Lipinski definition) is 4. The van der Waals surface area contributed by atoms with Crippen LogP contribution >= 0.6 is 11.6 Å². The molecule has 1 aromatic heterocycles. The lowest BCUT2D eigenvalue weighted by Gasteiger charge is -2.40. The summed E-state index contributed by atoms with van der Waals surface area (Å²) in [6.07, 6.45) is 3.16. The largest absolute Gasteiger partial charge is 0.496 e. The van der Waals surface area contributed by atoms with Gasteiger partial charge in [-0.15, -0.1) is 0 Å². The second-order valence-corrected chi connectivity index (χ2v) is 7.58. The first-order valence-corrected chi connectivity index (χ1v) is 9.92. The lowest BCUT2D eigenvalue weighted by Crippen LogP contribution is -2.50. The van der Waals surface area contributed by atoms with Crippen LogP contribution in [0.4, 0.5) is 10.2 Å². The average molecular weight is 413 g/mol. The van der Waals surface area contributed by atoms with Gasteiger partial charge in [-0.2, -0.15) is 0 Å². The molecular weight excluding hydrogens is 391 g/mol. The molecule has 0 aliphatic carbocycles. The van der Waals surface area contributed by atoms with Crippen LogP contribution in [-0.2, 0) is 6.42 Å². The van der Waals surface area contributed by atoms with E-state index in [2.05, 4.69) is 9.88 Å². The highest BCUT2D eigenvalue weighted by Gasteiger charge is 2.28. The molecule has 1 atom stereocenters. The summed E-state index contributed by atoms with van der Waals surface area (Å²) in [6.45, 7) is 1.03. The zero-order valence-corrected chi connectivity index (χ0v) is 16.9. The molecule has 4 nitrogen and oxygen atoms in total. The van der Waals surface area contributed by atoms with Gasteiger partial charge in [-0.1, -0.05) is 35.9 Å². The molecule has 0 radical (unpaired) electrons. The van der Waals surface area contributed by atoms with E-state index in [9.17, 15) is 5.11 Å². The van der Waals surface area contributed by atoms with Gasteiger partial charge in [-0.25, -0.2) is 9.37 Å². The minimum absolute atomic E-state index is 0.132. The Balaban J connectivity index is 1.62. The predicted octanol–water partition coefficient (Wildman–Crippen LogP) is 4.71. The monoisotopic (exact) mass is 412 g/mol. The van der Waals surface area contributed by atoms with E-state index in [4.69, 9.17) is 16.3 Å². The first-order valence-electron chi connectivity index (χ1n) is 9.54. The number of nitrogens with zero attached hydrogens (tertiary/aromatic N) is 2. The second kappa shape index (κ2) is 8.39. The van der Waals surface area contributed by atoms with Crippen molar-refractivity contribution >= 4 is 17.4 Å². The van der Waals surface area contributed by atoms with Crippen molar-refractivity contribution in [2.45, 2.75) is 18.9 Å². The Morgan fingerprint density at radius 1 is 1.24 bits per heavy atom. The summed E-state index contributed by atoms with van der Waals surface area (Å²) in [7, 11) is 1.53. The minimum atomic E-state index is -0.321. The second-order valence-electron chi connectivity index (χ2n) is 7.15.